The largest absolute Gasteiger partial charge is 0.304 e. The van der Waals surface area contributed by atoms with Gasteiger partial charge in [0.2, 0.25) is 10.0 Å². The van der Waals surface area contributed by atoms with Gasteiger partial charge in [-0.1, -0.05) is 18.2 Å². The summed E-state index contributed by atoms with van der Waals surface area (Å²) in [6, 6.07) is 8.39. The maximum Gasteiger partial charge on any atom is 0.256 e. The minimum atomic E-state index is -3.94. The van der Waals surface area contributed by atoms with Crippen LogP contribution in [0.4, 0.5) is 5.82 Å². The van der Waals surface area contributed by atoms with Crippen LogP contribution in [0.5, 0.6) is 0 Å². The number of carbonyl (C=O) groups is 1. The van der Waals surface area contributed by atoms with E-state index in [1.54, 1.807) is 30.3 Å². The predicted molar refractivity (Wildman–Crippen MR) is 69.0 cm³/mol. The maximum absolute atomic E-state index is 11.9. The lowest BCUT2D eigenvalue weighted by atomic mass is 10.2. The minimum Gasteiger partial charge on any atom is -0.304 e. The lowest BCUT2D eigenvalue weighted by Crippen LogP contribution is -2.17. The van der Waals surface area contributed by atoms with E-state index in [2.05, 4.69) is 10.4 Å². The summed E-state index contributed by atoms with van der Waals surface area (Å²) in [4.78, 5) is 11.7. The number of anilines is 1. The number of nitrogens with one attached hydrogen (secondary N) is 1. The maximum atomic E-state index is 11.9. The van der Waals surface area contributed by atoms with Crippen molar-refractivity contribution in [2.45, 2.75) is 4.90 Å². The minimum absolute atomic E-state index is 0.0844. The SMILES string of the molecule is Cn1cc(S(N)(=O)=O)c(NC(=O)c2ccccc2)n1. The number of sulfonamides is 1. The number of nitrogens with zero attached hydrogens (tertiary/aromatic N) is 2. The third-order valence-corrected chi connectivity index (χ3v) is 3.28. The second-order valence-corrected chi connectivity index (χ2v) is 5.41. The molecular formula is C11H12N4O3S. The zero-order valence-electron chi connectivity index (χ0n) is 10.1. The molecule has 0 fully saturated rings. The van der Waals surface area contributed by atoms with Crippen molar-refractivity contribution in [2.75, 3.05) is 5.32 Å². The lowest BCUT2D eigenvalue weighted by Gasteiger charge is -2.03. The average molecular weight is 280 g/mol. The number of rotatable bonds is 3. The average Bonchev–Trinajstić information content (AvgIpc) is 2.71. The van der Waals surface area contributed by atoms with Gasteiger partial charge in [0.1, 0.15) is 4.90 Å². The summed E-state index contributed by atoms with van der Waals surface area (Å²) in [7, 11) is -2.40. The van der Waals surface area contributed by atoms with Gasteiger partial charge in [-0.25, -0.2) is 13.6 Å². The standard InChI is InChI=1S/C11H12N4O3S/c1-15-7-9(19(12,17)18)10(14-15)13-11(16)8-5-3-2-4-6-8/h2-7H,1H3,(H2,12,17,18)(H,13,14,16). The second kappa shape index (κ2) is 4.82. The van der Waals surface area contributed by atoms with Crippen LogP contribution in [-0.2, 0) is 17.1 Å². The van der Waals surface area contributed by atoms with Gasteiger partial charge in [-0.05, 0) is 12.1 Å². The number of primary sulfonamides is 1. The smallest absolute Gasteiger partial charge is 0.256 e. The molecule has 0 radical (unpaired) electrons. The number of hydrogen-bond donors (Lipinski definition) is 2. The summed E-state index contributed by atoms with van der Waals surface area (Å²) in [5, 5.41) is 11.3. The first-order chi connectivity index (χ1) is 8.88. The third-order valence-electron chi connectivity index (χ3n) is 2.37. The molecule has 0 spiro atoms. The van der Waals surface area contributed by atoms with Crippen LogP contribution in [0.3, 0.4) is 0 Å². The predicted octanol–water partition coefficient (Wildman–Crippen LogP) is 0.320. The highest BCUT2D eigenvalue weighted by Gasteiger charge is 2.20. The number of aryl methyl sites for hydroxylation is 1. The van der Waals surface area contributed by atoms with Crippen molar-refractivity contribution in [1.29, 1.82) is 0 Å². The molecule has 2 rings (SSSR count). The van der Waals surface area contributed by atoms with Crippen molar-refractivity contribution in [3.63, 3.8) is 0 Å². The molecule has 1 aromatic heterocycles. The van der Waals surface area contributed by atoms with E-state index in [0.29, 0.717) is 5.56 Å². The van der Waals surface area contributed by atoms with Gasteiger partial charge < -0.3 is 5.32 Å². The number of benzene rings is 1. The molecule has 2 aromatic rings. The van der Waals surface area contributed by atoms with Crippen molar-refractivity contribution in [3.05, 3.63) is 42.1 Å². The molecule has 7 nitrogen and oxygen atoms in total. The van der Waals surface area contributed by atoms with E-state index in [-0.39, 0.29) is 10.7 Å². The molecule has 0 bridgehead atoms. The van der Waals surface area contributed by atoms with Gasteiger partial charge >= 0.3 is 0 Å². The van der Waals surface area contributed by atoms with Crippen LogP contribution in [-0.4, -0.2) is 24.1 Å². The van der Waals surface area contributed by atoms with E-state index in [4.69, 9.17) is 5.14 Å². The number of aromatic nitrogens is 2. The molecule has 3 N–H and O–H groups in total. The highest BCUT2D eigenvalue weighted by molar-refractivity contribution is 7.89. The number of carbonyl (C=O) groups excluding carboxylic acids is 1. The molecule has 0 saturated heterocycles. The van der Waals surface area contributed by atoms with Crippen LogP contribution in [0.1, 0.15) is 10.4 Å². The summed E-state index contributed by atoms with van der Waals surface area (Å²) < 4.78 is 24.0. The monoisotopic (exact) mass is 280 g/mol. The fourth-order valence-corrected chi connectivity index (χ4v) is 2.19. The molecule has 1 aromatic carbocycles. The lowest BCUT2D eigenvalue weighted by molar-refractivity contribution is 0.102. The molecule has 100 valence electrons. The highest BCUT2D eigenvalue weighted by Crippen LogP contribution is 2.18. The third kappa shape index (κ3) is 2.98. The summed E-state index contributed by atoms with van der Waals surface area (Å²) >= 11 is 0. The van der Waals surface area contributed by atoms with E-state index in [9.17, 15) is 13.2 Å². The van der Waals surface area contributed by atoms with Crippen molar-refractivity contribution in [2.24, 2.45) is 12.2 Å². The summed E-state index contributed by atoms with van der Waals surface area (Å²) in [5.41, 5.74) is 0.397. The first-order valence-corrected chi connectivity index (χ1v) is 6.85. The van der Waals surface area contributed by atoms with Crippen molar-refractivity contribution in [1.82, 2.24) is 9.78 Å². The molecule has 8 heteroatoms. The molecule has 0 unspecified atom stereocenters. The molecular weight excluding hydrogens is 268 g/mol. The first-order valence-electron chi connectivity index (χ1n) is 5.31. The molecule has 1 heterocycles. The van der Waals surface area contributed by atoms with Crippen LogP contribution in [0.25, 0.3) is 0 Å². The second-order valence-electron chi connectivity index (χ2n) is 3.88. The fraction of sp³-hybridized carbons (Fsp3) is 0.0909. The van der Waals surface area contributed by atoms with Crippen molar-refractivity contribution < 1.29 is 13.2 Å². The van der Waals surface area contributed by atoms with Gasteiger partial charge in [-0.2, -0.15) is 5.10 Å². The first kappa shape index (κ1) is 13.2. The van der Waals surface area contributed by atoms with Crippen molar-refractivity contribution in [3.8, 4) is 0 Å². The van der Waals surface area contributed by atoms with E-state index >= 15 is 0 Å². The Labute approximate surface area is 110 Å². The Balaban J connectivity index is 2.33. The Hall–Kier alpha value is -2.19. The molecule has 1 amide bonds. The van der Waals surface area contributed by atoms with Crippen LogP contribution >= 0.6 is 0 Å². The van der Waals surface area contributed by atoms with E-state index in [0.717, 1.165) is 0 Å². The van der Waals surface area contributed by atoms with Gasteiger partial charge in [0.05, 0.1) is 0 Å². The van der Waals surface area contributed by atoms with E-state index in [1.807, 2.05) is 0 Å². The Kier molecular flexibility index (Phi) is 3.36. The Morgan fingerprint density at radius 2 is 1.95 bits per heavy atom. The number of amides is 1. The molecule has 0 aliphatic rings. The van der Waals surface area contributed by atoms with E-state index < -0.39 is 15.9 Å². The molecule has 0 atom stereocenters. The molecule has 0 aliphatic carbocycles. The van der Waals surface area contributed by atoms with Gasteiger partial charge in [-0.15, -0.1) is 0 Å². The Morgan fingerprint density at radius 1 is 1.32 bits per heavy atom. The van der Waals surface area contributed by atoms with Gasteiger partial charge in [0.25, 0.3) is 5.91 Å². The van der Waals surface area contributed by atoms with Gasteiger partial charge in [-0.3, -0.25) is 9.48 Å². The summed E-state index contributed by atoms with van der Waals surface area (Å²) in [6.45, 7) is 0. The van der Waals surface area contributed by atoms with Crippen LogP contribution in [0, 0.1) is 0 Å². The van der Waals surface area contributed by atoms with Gasteiger partial charge in [0.15, 0.2) is 5.82 Å². The molecule has 0 aliphatic heterocycles. The topological polar surface area (TPSA) is 107 Å². The Bertz CT molecular complexity index is 707. The molecule has 0 saturated carbocycles. The normalized spacial score (nSPS) is 11.3. The highest BCUT2D eigenvalue weighted by atomic mass is 32.2. The number of nitrogens with two attached hydrogens (primary N) is 1. The fourth-order valence-electron chi connectivity index (χ4n) is 1.53. The zero-order chi connectivity index (χ0) is 14.0. The summed E-state index contributed by atoms with van der Waals surface area (Å²) in [5.74, 6) is -0.539. The van der Waals surface area contributed by atoms with Crippen LogP contribution in [0.15, 0.2) is 41.4 Å². The van der Waals surface area contributed by atoms with Crippen molar-refractivity contribution >= 4 is 21.7 Å². The van der Waals surface area contributed by atoms with Crippen LogP contribution in [0.2, 0.25) is 0 Å². The quantitative estimate of drug-likeness (QED) is 0.844. The zero-order valence-corrected chi connectivity index (χ0v) is 10.9. The summed E-state index contributed by atoms with van der Waals surface area (Å²) in [6.07, 6.45) is 1.23. The van der Waals surface area contributed by atoms with Gasteiger partial charge in [0, 0.05) is 18.8 Å². The number of hydrogen-bond acceptors (Lipinski definition) is 4. The van der Waals surface area contributed by atoms with Crippen LogP contribution < -0.4 is 10.5 Å². The van der Waals surface area contributed by atoms with E-state index in [1.165, 1.54) is 17.9 Å². The Morgan fingerprint density at radius 3 is 2.53 bits per heavy atom. The molecule has 19 heavy (non-hydrogen) atoms.